The predicted molar refractivity (Wildman–Crippen MR) is 66.3 cm³/mol. The summed E-state index contributed by atoms with van der Waals surface area (Å²) >= 11 is 3.20. The Morgan fingerprint density at radius 1 is 1.44 bits per heavy atom. The van der Waals surface area contributed by atoms with Crippen molar-refractivity contribution in [2.45, 2.75) is 31.9 Å². The highest BCUT2D eigenvalue weighted by atomic mass is 79.9. The highest BCUT2D eigenvalue weighted by Crippen LogP contribution is 2.30. The van der Waals surface area contributed by atoms with E-state index in [0.717, 1.165) is 24.1 Å². The summed E-state index contributed by atoms with van der Waals surface area (Å²) in [4.78, 5) is 0. The van der Waals surface area contributed by atoms with Crippen LogP contribution in [0.3, 0.4) is 0 Å². The number of aryl methyl sites for hydroxylation is 1. The Hall–Kier alpha value is -0.610. The zero-order chi connectivity index (χ0) is 11.7. The topological polar surface area (TPSA) is 21.3 Å². The van der Waals surface area contributed by atoms with Crippen molar-refractivity contribution >= 4 is 21.6 Å². The number of ether oxygens (including phenoxy) is 1. The lowest BCUT2D eigenvalue weighted by atomic mass is 9.89. The summed E-state index contributed by atoms with van der Waals surface area (Å²) in [5, 5.41) is 3.40. The van der Waals surface area contributed by atoms with Gasteiger partial charge in [0, 0.05) is 18.8 Å². The lowest BCUT2D eigenvalue weighted by molar-refractivity contribution is 0.0328. The van der Waals surface area contributed by atoms with Crippen LogP contribution in [0.4, 0.5) is 10.1 Å². The summed E-state index contributed by atoms with van der Waals surface area (Å²) in [6.07, 6.45) is 2.41. The van der Waals surface area contributed by atoms with E-state index in [-0.39, 0.29) is 5.82 Å². The fraction of sp³-hybridized carbons (Fsp3) is 0.500. The van der Waals surface area contributed by atoms with Gasteiger partial charge >= 0.3 is 0 Å². The summed E-state index contributed by atoms with van der Waals surface area (Å²) in [6, 6.07) is 3.78. The molecule has 1 N–H and O–H groups in total. The summed E-state index contributed by atoms with van der Waals surface area (Å²) in [5.41, 5.74) is 1.93. The Labute approximate surface area is 103 Å². The second-order valence-corrected chi connectivity index (χ2v) is 5.11. The Morgan fingerprint density at radius 2 is 2.12 bits per heavy atom. The number of benzene rings is 1. The minimum Gasteiger partial charge on any atom is -0.382 e. The molecule has 1 aromatic rings. The second kappa shape index (κ2) is 4.72. The molecule has 0 saturated heterocycles. The minimum absolute atomic E-state index is 0.216. The number of hydrogen-bond donors (Lipinski definition) is 1. The monoisotopic (exact) mass is 287 g/mol. The molecule has 1 aromatic carbocycles. The Morgan fingerprint density at radius 3 is 2.75 bits per heavy atom. The molecule has 0 aromatic heterocycles. The van der Waals surface area contributed by atoms with E-state index >= 15 is 0 Å². The zero-order valence-electron chi connectivity index (χ0n) is 9.39. The molecule has 0 spiro atoms. The molecular formula is C12H15BrFNO. The van der Waals surface area contributed by atoms with Gasteiger partial charge in [0.05, 0.1) is 10.6 Å². The summed E-state index contributed by atoms with van der Waals surface area (Å²) < 4.78 is 18.9. The van der Waals surface area contributed by atoms with Crippen LogP contribution in [0.2, 0.25) is 0 Å². The van der Waals surface area contributed by atoms with Crippen molar-refractivity contribution in [2.24, 2.45) is 0 Å². The van der Waals surface area contributed by atoms with Gasteiger partial charge in [-0.1, -0.05) is 0 Å². The number of rotatable bonds is 3. The molecular weight excluding hydrogens is 273 g/mol. The molecule has 0 radical (unpaired) electrons. The van der Waals surface area contributed by atoms with Crippen LogP contribution in [-0.2, 0) is 4.74 Å². The molecule has 1 fully saturated rings. The summed E-state index contributed by atoms with van der Waals surface area (Å²) in [6.45, 7) is 1.91. The smallest absolute Gasteiger partial charge is 0.137 e. The van der Waals surface area contributed by atoms with Crippen LogP contribution < -0.4 is 5.32 Å². The third-order valence-corrected chi connectivity index (χ3v) is 3.66. The third kappa shape index (κ3) is 2.38. The fourth-order valence-electron chi connectivity index (χ4n) is 1.90. The van der Waals surface area contributed by atoms with Gasteiger partial charge in [0.25, 0.3) is 0 Å². The van der Waals surface area contributed by atoms with E-state index in [1.165, 1.54) is 0 Å². The van der Waals surface area contributed by atoms with E-state index in [0.29, 0.717) is 16.6 Å². The Balaban J connectivity index is 2.02. The predicted octanol–water partition coefficient (Wildman–Crippen LogP) is 3.49. The maximum absolute atomic E-state index is 13.2. The molecule has 0 unspecified atom stereocenters. The van der Waals surface area contributed by atoms with Gasteiger partial charge in [-0.25, -0.2) is 4.39 Å². The maximum Gasteiger partial charge on any atom is 0.137 e. The van der Waals surface area contributed by atoms with Crippen LogP contribution in [0, 0.1) is 12.7 Å². The number of methoxy groups -OCH3 is 1. The number of anilines is 1. The van der Waals surface area contributed by atoms with E-state index in [9.17, 15) is 4.39 Å². The van der Waals surface area contributed by atoms with Crippen molar-refractivity contribution in [3.63, 3.8) is 0 Å². The van der Waals surface area contributed by atoms with Gasteiger partial charge in [0.15, 0.2) is 0 Å². The number of hydrogen-bond acceptors (Lipinski definition) is 2. The van der Waals surface area contributed by atoms with Crippen molar-refractivity contribution in [2.75, 3.05) is 12.4 Å². The molecule has 0 bridgehead atoms. The first-order valence-electron chi connectivity index (χ1n) is 5.35. The van der Waals surface area contributed by atoms with Gasteiger partial charge in [0.2, 0.25) is 0 Å². The molecule has 2 rings (SSSR count). The molecule has 1 saturated carbocycles. The van der Waals surface area contributed by atoms with Crippen LogP contribution in [0.1, 0.15) is 18.4 Å². The zero-order valence-corrected chi connectivity index (χ0v) is 11.0. The summed E-state index contributed by atoms with van der Waals surface area (Å²) in [5.74, 6) is -0.216. The van der Waals surface area contributed by atoms with E-state index < -0.39 is 0 Å². The molecule has 0 amide bonds. The standard InChI is InChI=1S/C12H15BrFNO/c1-7-3-11(14)10(13)6-12(7)15-8-4-9(5-8)16-2/h3,6,8-9,15H,4-5H2,1-2H3. The molecule has 0 aliphatic heterocycles. The average molecular weight is 288 g/mol. The number of nitrogens with one attached hydrogen (secondary N) is 1. The van der Waals surface area contributed by atoms with Crippen LogP contribution in [0.5, 0.6) is 0 Å². The van der Waals surface area contributed by atoms with Crippen molar-refractivity contribution in [1.82, 2.24) is 0 Å². The van der Waals surface area contributed by atoms with Crippen LogP contribution >= 0.6 is 15.9 Å². The average Bonchev–Trinajstić information content (AvgIpc) is 2.18. The van der Waals surface area contributed by atoms with Gasteiger partial charge in [-0.15, -0.1) is 0 Å². The van der Waals surface area contributed by atoms with E-state index in [1.807, 2.05) is 6.92 Å². The van der Waals surface area contributed by atoms with Crippen molar-refractivity contribution < 1.29 is 9.13 Å². The van der Waals surface area contributed by atoms with Crippen LogP contribution in [0.25, 0.3) is 0 Å². The first-order chi connectivity index (χ1) is 7.60. The third-order valence-electron chi connectivity index (χ3n) is 3.06. The first-order valence-corrected chi connectivity index (χ1v) is 6.14. The largest absolute Gasteiger partial charge is 0.382 e. The fourth-order valence-corrected chi connectivity index (χ4v) is 2.24. The first kappa shape index (κ1) is 11.9. The van der Waals surface area contributed by atoms with Gasteiger partial charge < -0.3 is 10.1 Å². The lowest BCUT2D eigenvalue weighted by Gasteiger charge is -2.35. The van der Waals surface area contributed by atoms with Gasteiger partial charge in [0.1, 0.15) is 5.82 Å². The molecule has 0 atom stereocenters. The Bertz CT molecular complexity index is 391. The van der Waals surface area contributed by atoms with E-state index in [2.05, 4.69) is 21.2 Å². The summed E-state index contributed by atoms with van der Waals surface area (Å²) in [7, 11) is 1.74. The van der Waals surface area contributed by atoms with Crippen molar-refractivity contribution in [3.8, 4) is 0 Å². The molecule has 16 heavy (non-hydrogen) atoms. The van der Waals surface area contributed by atoms with Crippen molar-refractivity contribution in [1.29, 1.82) is 0 Å². The van der Waals surface area contributed by atoms with Gasteiger partial charge in [-0.3, -0.25) is 0 Å². The molecule has 4 heteroatoms. The Kier molecular flexibility index (Phi) is 3.50. The maximum atomic E-state index is 13.2. The highest BCUT2D eigenvalue weighted by Gasteiger charge is 2.29. The van der Waals surface area contributed by atoms with Gasteiger partial charge in [-0.2, -0.15) is 0 Å². The SMILES string of the molecule is COC1CC(Nc2cc(Br)c(F)cc2C)C1. The van der Waals surface area contributed by atoms with Crippen LogP contribution in [-0.4, -0.2) is 19.3 Å². The van der Waals surface area contributed by atoms with E-state index in [1.54, 1.807) is 19.2 Å². The van der Waals surface area contributed by atoms with Gasteiger partial charge in [-0.05, 0) is 53.4 Å². The van der Waals surface area contributed by atoms with Crippen LogP contribution in [0.15, 0.2) is 16.6 Å². The molecule has 0 heterocycles. The molecule has 88 valence electrons. The van der Waals surface area contributed by atoms with Crippen molar-refractivity contribution in [3.05, 3.63) is 28.0 Å². The number of halogens is 2. The molecule has 1 aliphatic rings. The highest BCUT2D eigenvalue weighted by molar-refractivity contribution is 9.10. The molecule has 2 nitrogen and oxygen atoms in total. The minimum atomic E-state index is -0.216. The normalized spacial score (nSPS) is 24.0. The second-order valence-electron chi connectivity index (χ2n) is 4.25. The molecule has 1 aliphatic carbocycles. The lowest BCUT2D eigenvalue weighted by Crippen LogP contribution is -2.40. The quantitative estimate of drug-likeness (QED) is 0.919. The van der Waals surface area contributed by atoms with E-state index in [4.69, 9.17) is 4.74 Å².